The molecular formula is C24H30O8. The Bertz CT molecular complexity index is 944. The number of esters is 1. The van der Waals surface area contributed by atoms with E-state index in [0.29, 0.717) is 24.2 Å². The number of phenols is 2. The number of methoxy groups -OCH3 is 2. The van der Waals surface area contributed by atoms with Crippen molar-refractivity contribution < 1.29 is 39.1 Å². The molecule has 3 N–H and O–H groups in total. The van der Waals surface area contributed by atoms with E-state index in [1.165, 1.54) is 26.4 Å². The first-order chi connectivity index (χ1) is 15.3. The maximum Gasteiger partial charge on any atom is 0.305 e. The fourth-order valence-electron chi connectivity index (χ4n) is 4.01. The minimum atomic E-state index is -1.34. The monoisotopic (exact) mass is 446 g/mol. The topological polar surface area (TPSA) is 115 Å². The first-order valence-electron chi connectivity index (χ1n) is 10.5. The summed E-state index contributed by atoms with van der Waals surface area (Å²) in [4.78, 5) is 12.0. The lowest BCUT2D eigenvalue weighted by Crippen LogP contribution is -2.42. The lowest BCUT2D eigenvalue weighted by atomic mass is 9.80. The second kappa shape index (κ2) is 10.1. The number of aromatic hydroxyl groups is 2. The first-order valence-corrected chi connectivity index (χ1v) is 10.5. The van der Waals surface area contributed by atoms with Gasteiger partial charge in [0.2, 0.25) is 0 Å². The number of benzene rings is 2. The van der Waals surface area contributed by atoms with Gasteiger partial charge < -0.3 is 34.3 Å². The third kappa shape index (κ3) is 5.08. The number of carbonyl (C=O) groups is 1. The predicted molar refractivity (Wildman–Crippen MR) is 116 cm³/mol. The summed E-state index contributed by atoms with van der Waals surface area (Å²) in [5.41, 5.74) is 0.0829. The van der Waals surface area contributed by atoms with E-state index in [0.717, 1.165) is 5.56 Å². The highest BCUT2D eigenvalue weighted by Crippen LogP contribution is 2.45. The van der Waals surface area contributed by atoms with E-state index >= 15 is 0 Å². The predicted octanol–water partition coefficient (Wildman–Crippen LogP) is 3.12. The van der Waals surface area contributed by atoms with Gasteiger partial charge in [0.25, 0.3) is 0 Å². The zero-order valence-electron chi connectivity index (χ0n) is 18.5. The number of ether oxygens (including phenoxy) is 4. The minimum absolute atomic E-state index is 0.00465. The summed E-state index contributed by atoms with van der Waals surface area (Å²) in [5.74, 6) is -0.327. The Kier molecular flexibility index (Phi) is 7.48. The molecule has 1 aliphatic rings. The molecule has 2 aromatic rings. The maximum absolute atomic E-state index is 12.0. The number of aliphatic hydroxyl groups is 1. The van der Waals surface area contributed by atoms with Crippen molar-refractivity contribution in [1.29, 1.82) is 0 Å². The highest BCUT2D eigenvalue weighted by atomic mass is 16.5. The molecule has 2 aromatic carbocycles. The molecule has 3 unspecified atom stereocenters. The Hall–Kier alpha value is -2.97. The van der Waals surface area contributed by atoms with Gasteiger partial charge in [0.05, 0.1) is 39.5 Å². The van der Waals surface area contributed by atoms with Crippen molar-refractivity contribution >= 4 is 5.97 Å². The Labute approximate surface area is 187 Å². The van der Waals surface area contributed by atoms with E-state index in [1.54, 1.807) is 24.3 Å². The molecule has 0 radical (unpaired) electrons. The average molecular weight is 446 g/mol. The van der Waals surface area contributed by atoms with E-state index < -0.39 is 17.6 Å². The van der Waals surface area contributed by atoms with Gasteiger partial charge in [-0.25, -0.2) is 0 Å². The van der Waals surface area contributed by atoms with Crippen LogP contribution in [-0.2, 0) is 20.7 Å². The number of carbonyl (C=O) groups excluding carboxylic acids is 1. The van der Waals surface area contributed by atoms with Gasteiger partial charge in [-0.15, -0.1) is 0 Å². The molecular weight excluding hydrogens is 416 g/mol. The molecule has 8 nitrogen and oxygen atoms in total. The summed E-state index contributed by atoms with van der Waals surface area (Å²) in [5, 5.41) is 31.4. The lowest BCUT2D eigenvalue weighted by Gasteiger charge is -2.30. The minimum Gasteiger partial charge on any atom is -0.504 e. The third-order valence-corrected chi connectivity index (χ3v) is 5.73. The van der Waals surface area contributed by atoms with Gasteiger partial charge in [0.1, 0.15) is 5.60 Å². The van der Waals surface area contributed by atoms with Crippen LogP contribution in [0.25, 0.3) is 0 Å². The van der Waals surface area contributed by atoms with E-state index in [4.69, 9.17) is 18.9 Å². The number of phenolic OH excluding ortho intramolecular Hbond substituents is 2. The van der Waals surface area contributed by atoms with Crippen LogP contribution in [0.15, 0.2) is 36.4 Å². The van der Waals surface area contributed by atoms with Crippen molar-refractivity contribution in [1.82, 2.24) is 0 Å². The largest absolute Gasteiger partial charge is 0.504 e. The number of rotatable bonds is 9. The molecule has 0 aliphatic carbocycles. The van der Waals surface area contributed by atoms with Gasteiger partial charge in [0, 0.05) is 12.8 Å². The normalized spacial score (nSPS) is 22.5. The zero-order valence-corrected chi connectivity index (χ0v) is 18.5. The van der Waals surface area contributed by atoms with Crippen molar-refractivity contribution in [2.75, 3.05) is 27.4 Å². The van der Waals surface area contributed by atoms with Crippen LogP contribution in [0.1, 0.15) is 37.0 Å². The highest BCUT2D eigenvalue weighted by molar-refractivity contribution is 5.69. The molecule has 3 atom stereocenters. The average Bonchev–Trinajstić information content (AvgIpc) is 3.10. The molecule has 32 heavy (non-hydrogen) atoms. The Morgan fingerprint density at radius 1 is 1.09 bits per heavy atom. The first kappa shape index (κ1) is 23.7. The summed E-state index contributed by atoms with van der Waals surface area (Å²) >= 11 is 0. The van der Waals surface area contributed by atoms with Crippen LogP contribution in [-0.4, -0.2) is 54.3 Å². The summed E-state index contributed by atoms with van der Waals surface area (Å²) in [6, 6.07) is 9.71. The van der Waals surface area contributed by atoms with Crippen LogP contribution >= 0.6 is 0 Å². The standard InChI is InChI=1S/C24H30O8/c1-4-5-22(27)31-13-17-23(16-7-9-19(26)21(11-16)30-3)32-14-24(17,28)12-15-6-8-18(25)20(10-15)29-2/h6-11,17,23,25-26,28H,4-5,12-14H2,1-3H3. The molecule has 1 aliphatic heterocycles. The van der Waals surface area contributed by atoms with Crippen molar-refractivity contribution in [3.8, 4) is 23.0 Å². The summed E-state index contributed by atoms with van der Waals surface area (Å²) in [6.45, 7) is 1.87. The van der Waals surface area contributed by atoms with Crippen molar-refractivity contribution in [2.45, 2.75) is 37.9 Å². The third-order valence-electron chi connectivity index (χ3n) is 5.73. The van der Waals surface area contributed by atoms with Gasteiger partial charge in [0.15, 0.2) is 23.0 Å². The SMILES string of the molecule is CCCC(=O)OCC1C(c2ccc(O)c(OC)c2)OCC1(O)Cc1ccc(O)c(OC)c1. The molecule has 1 saturated heterocycles. The Morgan fingerprint density at radius 3 is 2.41 bits per heavy atom. The zero-order chi connectivity index (χ0) is 23.3. The Balaban J connectivity index is 1.90. The van der Waals surface area contributed by atoms with E-state index in [-0.39, 0.29) is 42.9 Å². The fraction of sp³-hybridized carbons (Fsp3) is 0.458. The van der Waals surface area contributed by atoms with E-state index in [9.17, 15) is 20.1 Å². The molecule has 8 heteroatoms. The van der Waals surface area contributed by atoms with E-state index in [1.807, 2.05) is 6.92 Å². The summed E-state index contributed by atoms with van der Waals surface area (Å²) in [7, 11) is 2.91. The fourth-order valence-corrected chi connectivity index (χ4v) is 4.01. The lowest BCUT2D eigenvalue weighted by molar-refractivity contribution is -0.147. The molecule has 1 fully saturated rings. The number of hydrogen-bond acceptors (Lipinski definition) is 8. The van der Waals surface area contributed by atoms with Gasteiger partial charge in [-0.2, -0.15) is 0 Å². The summed E-state index contributed by atoms with van der Waals surface area (Å²) < 4.78 is 21.8. The molecule has 0 saturated carbocycles. The van der Waals surface area contributed by atoms with Gasteiger partial charge in [-0.05, 0) is 41.8 Å². The summed E-state index contributed by atoms with van der Waals surface area (Å²) in [6.07, 6.45) is 0.573. The smallest absolute Gasteiger partial charge is 0.305 e. The molecule has 174 valence electrons. The molecule has 3 rings (SSSR count). The highest BCUT2D eigenvalue weighted by Gasteiger charge is 2.50. The van der Waals surface area contributed by atoms with Crippen LogP contribution in [0.5, 0.6) is 23.0 Å². The van der Waals surface area contributed by atoms with Gasteiger partial charge >= 0.3 is 5.97 Å². The molecule has 0 aromatic heterocycles. The van der Waals surface area contributed by atoms with Crippen LogP contribution in [0, 0.1) is 5.92 Å². The molecule has 0 spiro atoms. The van der Waals surface area contributed by atoms with E-state index in [2.05, 4.69) is 0 Å². The molecule has 0 amide bonds. The second-order valence-electron chi connectivity index (χ2n) is 7.99. The second-order valence-corrected chi connectivity index (χ2v) is 7.99. The van der Waals surface area contributed by atoms with Crippen molar-refractivity contribution in [2.24, 2.45) is 5.92 Å². The van der Waals surface area contributed by atoms with Crippen LogP contribution < -0.4 is 9.47 Å². The quantitative estimate of drug-likeness (QED) is 0.504. The van der Waals surface area contributed by atoms with Gasteiger partial charge in [-0.3, -0.25) is 4.79 Å². The van der Waals surface area contributed by atoms with Crippen LogP contribution in [0.2, 0.25) is 0 Å². The van der Waals surface area contributed by atoms with Crippen LogP contribution in [0.3, 0.4) is 0 Å². The van der Waals surface area contributed by atoms with Crippen molar-refractivity contribution in [3.63, 3.8) is 0 Å². The molecule has 0 bridgehead atoms. The molecule has 1 heterocycles. The number of hydrogen-bond donors (Lipinski definition) is 3. The maximum atomic E-state index is 12.0. The van der Waals surface area contributed by atoms with Crippen molar-refractivity contribution in [3.05, 3.63) is 47.5 Å². The van der Waals surface area contributed by atoms with Gasteiger partial charge in [-0.1, -0.05) is 19.1 Å². The Morgan fingerprint density at radius 2 is 1.75 bits per heavy atom. The van der Waals surface area contributed by atoms with Crippen LogP contribution in [0.4, 0.5) is 0 Å².